The van der Waals surface area contributed by atoms with Crippen LogP contribution in [0.3, 0.4) is 0 Å². The summed E-state index contributed by atoms with van der Waals surface area (Å²) in [6, 6.07) is 0. The molecule has 0 amide bonds. The highest BCUT2D eigenvalue weighted by Gasteiger charge is 2.34. The summed E-state index contributed by atoms with van der Waals surface area (Å²) in [5.74, 6) is 0. The fraction of sp³-hybridized carbons (Fsp3) is 0.692. The van der Waals surface area contributed by atoms with Crippen molar-refractivity contribution in [1.29, 1.82) is 0 Å². The van der Waals surface area contributed by atoms with Crippen LogP contribution in [0.2, 0.25) is 0 Å². The molecule has 0 saturated carbocycles. The average molecular weight is 194 g/mol. The average Bonchev–Trinajstić information content (AvgIpc) is 2.01. The van der Waals surface area contributed by atoms with Gasteiger partial charge in [0.25, 0.3) is 0 Å². The molecule has 14 heavy (non-hydrogen) atoms. The Morgan fingerprint density at radius 3 is 2.43 bits per heavy atom. The Kier molecular flexibility index (Phi) is 2.91. The van der Waals surface area contributed by atoms with Crippen LogP contribution < -0.4 is 0 Å². The first-order valence-corrected chi connectivity index (χ1v) is 5.41. The molecule has 1 rings (SSSR count). The highest BCUT2D eigenvalue weighted by atomic mass is 16.3. The van der Waals surface area contributed by atoms with E-state index in [0.29, 0.717) is 0 Å². The highest BCUT2D eigenvalue weighted by Crippen LogP contribution is 2.39. The Morgan fingerprint density at radius 2 is 2.00 bits per heavy atom. The second kappa shape index (κ2) is 3.54. The topological polar surface area (TPSA) is 20.2 Å². The lowest BCUT2D eigenvalue weighted by Crippen LogP contribution is -2.35. The maximum atomic E-state index is 10.3. The van der Waals surface area contributed by atoms with Gasteiger partial charge in [-0.3, -0.25) is 0 Å². The van der Waals surface area contributed by atoms with Gasteiger partial charge in [-0.15, -0.1) is 0 Å². The molecule has 1 unspecified atom stereocenters. The first kappa shape index (κ1) is 11.5. The van der Waals surface area contributed by atoms with Crippen molar-refractivity contribution in [3.63, 3.8) is 0 Å². The van der Waals surface area contributed by atoms with Crippen LogP contribution in [0.1, 0.15) is 47.5 Å². The maximum absolute atomic E-state index is 10.3. The predicted octanol–water partition coefficient (Wildman–Crippen LogP) is 3.45. The monoisotopic (exact) mass is 194 g/mol. The minimum absolute atomic E-state index is 0.0537. The third kappa shape index (κ3) is 2.27. The third-order valence-corrected chi connectivity index (χ3v) is 2.89. The number of rotatable bonds is 1. The van der Waals surface area contributed by atoms with E-state index in [4.69, 9.17) is 0 Å². The normalized spacial score (nSPS) is 28.4. The van der Waals surface area contributed by atoms with Crippen LogP contribution >= 0.6 is 0 Å². The first-order valence-electron chi connectivity index (χ1n) is 5.41. The van der Waals surface area contributed by atoms with Crippen molar-refractivity contribution >= 4 is 0 Å². The largest absolute Gasteiger partial charge is 0.385 e. The molecule has 1 aliphatic carbocycles. The van der Waals surface area contributed by atoms with Gasteiger partial charge in [-0.05, 0) is 30.8 Å². The molecule has 0 bridgehead atoms. The van der Waals surface area contributed by atoms with E-state index in [-0.39, 0.29) is 5.41 Å². The molecule has 1 aliphatic rings. The number of aliphatic hydroxyl groups is 1. The second-order valence-electron chi connectivity index (χ2n) is 5.42. The smallest absolute Gasteiger partial charge is 0.0871 e. The molecular weight excluding hydrogens is 172 g/mol. The number of allylic oxidation sites excluding steroid dienone is 2. The van der Waals surface area contributed by atoms with Gasteiger partial charge in [-0.1, -0.05) is 45.4 Å². The Hall–Kier alpha value is -0.560. The van der Waals surface area contributed by atoms with E-state index in [0.717, 1.165) is 18.4 Å². The quantitative estimate of drug-likeness (QED) is 0.678. The summed E-state index contributed by atoms with van der Waals surface area (Å²) in [5, 5.41) is 10.3. The lowest BCUT2D eigenvalue weighted by Gasteiger charge is -2.37. The van der Waals surface area contributed by atoms with Gasteiger partial charge in [0, 0.05) is 0 Å². The zero-order valence-electron chi connectivity index (χ0n) is 10.0. The van der Waals surface area contributed by atoms with Crippen molar-refractivity contribution in [2.75, 3.05) is 0 Å². The first-order chi connectivity index (χ1) is 6.27. The zero-order chi connectivity index (χ0) is 11.0. The van der Waals surface area contributed by atoms with E-state index < -0.39 is 5.60 Å². The van der Waals surface area contributed by atoms with Crippen molar-refractivity contribution in [1.82, 2.24) is 0 Å². The summed E-state index contributed by atoms with van der Waals surface area (Å²) in [7, 11) is 0. The molecule has 80 valence electrons. The fourth-order valence-electron chi connectivity index (χ4n) is 2.11. The molecule has 1 nitrogen and oxygen atoms in total. The summed E-state index contributed by atoms with van der Waals surface area (Å²) in [5.41, 5.74) is 1.90. The minimum atomic E-state index is -0.656. The number of hydrogen-bond donors (Lipinski definition) is 1. The molecule has 0 aliphatic heterocycles. The fourth-order valence-corrected chi connectivity index (χ4v) is 2.11. The van der Waals surface area contributed by atoms with Gasteiger partial charge in [-0.25, -0.2) is 0 Å². The van der Waals surface area contributed by atoms with Gasteiger partial charge in [0.05, 0.1) is 5.60 Å². The Balaban J connectivity index is 3.08. The summed E-state index contributed by atoms with van der Waals surface area (Å²) in [4.78, 5) is 0. The van der Waals surface area contributed by atoms with Crippen LogP contribution in [0.15, 0.2) is 23.3 Å². The standard InChI is InChI=1S/C13H22O/c1-6-10-7-8-13(5,14)11(9-10)12(2,3)4/h7,9,14H,6,8H2,1-5H3. The summed E-state index contributed by atoms with van der Waals surface area (Å²) < 4.78 is 0. The van der Waals surface area contributed by atoms with Crippen LogP contribution in [0.4, 0.5) is 0 Å². The molecule has 1 heteroatoms. The SMILES string of the molecule is CCC1=CCC(C)(O)C(C(C)(C)C)=C1. The van der Waals surface area contributed by atoms with Crippen LogP contribution in [0.5, 0.6) is 0 Å². The molecule has 1 atom stereocenters. The zero-order valence-corrected chi connectivity index (χ0v) is 10.0. The Bertz CT molecular complexity index is 274. The predicted molar refractivity (Wildman–Crippen MR) is 61.2 cm³/mol. The Labute approximate surface area is 87.5 Å². The highest BCUT2D eigenvalue weighted by molar-refractivity contribution is 5.37. The molecule has 0 aromatic carbocycles. The van der Waals surface area contributed by atoms with Crippen molar-refractivity contribution < 1.29 is 5.11 Å². The van der Waals surface area contributed by atoms with E-state index in [1.165, 1.54) is 5.57 Å². The lowest BCUT2D eigenvalue weighted by atomic mass is 9.72. The van der Waals surface area contributed by atoms with Crippen LogP contribution in [-0.4, -0.2) is 10.7 Å². The molecule has 0 aromatic rings. The van der Waals surface area contributed by atoms with E-state index >= 15 is 0 Å². The molecule has 0 spiro atoms. The summed E-state index contributed by atoms with van der Waals surface area (Å²) in [6.07, 6.45) is 6.12. The van der Waals surface area contributed by atoms with Crippen molar-refractivity contribution in [3.05, 3.63) is 23.3 Å². The Morgan fingerprint density at radius 1 is 1.43 bits per heavy atom. The molecule has 0 saturated heterocycles. The summed E-state index contributed by atoms with van der Waals surface area (Å²) >= 11 is 0. The number of hydrogen-bond acceptors (Lipinski definition) is 1. The third-order valence-electron chi connectivity index (χ3n) is 2.89. The van der Waals surface area contributed by atoms with Crippen molar-refractivity contribution in [2.24, 2.45) is 5.41 Å². The van der Waals surface area contributed by atoms with Crippen molar-refractivity contribution in [3.8, 4) is 0 Å². The van der Waals surface area contributed by atoms with Gasteiger partial charge in [0.2, 0.25) is 0 Å². The molecule has 0 aromatic heterocycles. The lowest BCUT2D eigenvalue weighted by molar-refractivity contribution is 0.0794. The molecule has 1 N–H and O–H groups in total. The maximum Gasteiger partial charge on any atom is 0.0871 e. The second-order valence-corrected chi connectivity index (χ2v) is 5.42. The molecular formula is C13H22O. The van der Waals surface area contributed by atoms with Gasteiger partial charge in [-0.2, -0.15) is 0 Å². The van der Waals surface area contributed by atoms with Crippen LogP contribution in [0, 0.1) is 5.41 Å². The molecule has 0 radical (unpaired) electrons. The summed E-state index contributed by atoms with van der Waals surface area (Å²) in [6.45, 7) is 10.5. The molecule has 0 heterocycles. The van der Waals surface area contributed by atoms with Gasteiger partial charge in [0.1, 0.15) is 0 Å². The van der Waals surface area contributed by atoms with E-state index in [9.17, 15) is 5.11 Å². The van der Waals surface area contributed by atoms with E-state index in [1.54, 1.807) is 0 Å². The van der Waals surface area contributed by atoms with E-state index in [2.05, 4.69) is 39.8 Å². The minimum Gasteiger partial charge on any atom is -0.385 e. The van der Waals surface area contributed by atoms with Gasteiger partial charge in [0.15, 0.2) is 0 Å². The van der Waals surface area contributed by atoms with Crippen molar-refractivity contribution in [2.45, 2.75) is 53.1 Å². The van der Waals surface area contributed by atoms with Crippen LogP contribution in [0.25, 0.3) is 0 Å². The van der Waals surface area contributed by atoms with Gasteiger partial charge >= 0.3 is 0 Å². The van der Waals surface area contributed by atoms with E-state index in [1.807, 2.05) is 6.92 Å². The van der Waals surface area contributed by atoms with Crippen LogP contribution in [-0.2, 0) is 0 Å². The molecule has 0 fully saturated rings. The van der Waals surface area contributed by atoms with Gasteiger partial charge < -0.3 is 5.11 Å².